The molecule has 6 nitrogen and oxygen atoms in total. The fraction of sp³-hybridized carbons (Fsp3) is 0.421. The highest BCUT2D eigenvalue weighted by Crippen LogP contribution is 2.27. The molecule has 0 aliphatic carbocycles. The second kappa shape index (κ2) is 8.31. The maximum Gasteiger partial charge on any atom is 0.274 e. The lowest BCUT2D eigenvalue weighted by Crippen LogP contribution is -2.50. The minimum Gasteiger partial charge on any atom is -0.335 e. The number of aromatic nitrogens is 2. The molecular formula is C19H22Cl2N4O2. The molecule has 8 heteroatoms. The van der Waals surface area contributed by atoms with Crippen LogP contribution in [-0.2, 0) is 6.42 Å². The maximum absolute atomic E-state index is 12.7. The minimum atomic E-state index is -0.173. The molecule has 1 aliphatic rings. The minimum absolute atomic E-state index is 0.117. The summed E-state index contributed by atoms with van der Waals surface area (Å²) in [5, 5.41) is 7.68. The molecule has 144 valence electrons. The van der Waals surface area contributed by atoms with Gasteiger partial charge in [-0.15, -0.1) is 0 Å². The summed E-state index contributed by atoms with van der Waals surface area (Å²) in [6, 6.07) is 6.82. The second-order valence-corrected chi connectivity index (χ2v) is 7.85. The largest absolute Gasteiger partial charge is 0.335 e. The summed E-state index contributed by atoms with van der Waals surface area (Å²) in [6.07, 6.45) is 0.850. The van der Waals surface area contributed by atoms with Gasteiger partial charge in [0, 0.05) is 31.9 Å². The van der Waals surface area contributed by atoms with Crippen molar-refractivity contribution in [3.63, 3.8) is 0 Å². The summed E-state index contributed by atoms with van der Waals surface area (Å²) < 4.78 is 0. The highest BCUT2D eigenvalue weighted by Gasteiger charge is 2.27. The molecule has 0 unspecified atom stereocenters. The molecule has 2 heterocycles. The molecule has 2 aromatic rings. The molecule has 2 amide bonds. The zero-order chi connectivity index (χ0) is 19.6. The van der Waals surface area contributed by atoms with Gasteiger partial charge in [0.15, 0.2) is 0 Å². The molecule has 1 aliphatic heterocycles. The number of nitrogens with one attached hydrogen (secondary N) is 1. The Labute approximate surface area is 168 Å². The number of benzene rings is 1. The summed E-state index contributed by atoms with van der Waals surface area (Å²) in [5.74, 6) is 0.198. The van der Waals surface area contributed by atoms with Gasteiger partial charge in [0.1, 0.15) is 5.69 Å². The molecular weight excluding hydrogens is 387 g/mol. The Hall–Kier alpha value is -2.05. The third kappa shape index (κ3) is 4.45. The first-order valence-corrected chi connectivity index (χ1v) is 9.69. The van der Waals surface area contributed by atoms with Gasteiger partial charge < -0.3 is 9.80 Å². The topological polar surface area (TPSA) is 69.3 Å². The molecule has 0 radical (unpaired) electrons. The first-order chi connectivity index (χ1) is 12.9. The van der Waals surface area contributed by atoms with E-state index in [9.17, 15) is 9.59 Å². The van der Waals surface area contributed by atoms with E-state index in [0.29, 0.717) is 48.4 Å². The smallest absolute Gasteiger partial charge is 0.274 e. The van der Waals surface area contributed by atoms with Crippen molar-refractivity contribution >= 4 is 35.0 Å². The van der Waals surface area contributed by atoms with E-state index in [1.807, 2.05) is 6.07 Å². The molecule has 1 aromatic heterocycles. The van der Waals surface area contributed by atoms with Crippen molar-refractivity contribution in [2.75, 3.05) is 26.2 Å². The van der Waals surface area contributed by atoms with Crippen LogP contribution in [0.2, 0.25) is 10.0 Å². The van der Waals surface area contributed by atoms with Crippen molar-refractivity contribution in [3.8, 4) is 0 Å². The van der Waals surface area contributed by atoms with Crippen LogP contribution in [0.5, 0.6) is 0 Å². The molecule has 27 heavy (non-hydrogen) atoms. The fourth-order valence-electron chi connectivity index (χ4n) is 3.13. The number of halogens is 2. The van der Waals surface area contributed by atoms with E-state index in [1.54, 1.807) is 28.0 Å². The van der Waals surface area contributed by atoms with E-state index in [1.165, 1.54) is 0 Å². The Morgan fingerprint density at radius 2 is 1.74 bits per heavy atom. The van der Waals surface area contributed by atoms with E-state index in [2.05, 4.69) is 24.0 Å². The third-order valence-corrected chi connectivity index (χ3v) is 5.33. The summed E-state index contributed by atoms with van der Waals surface area (Å²) in [4.78, 5) is 28.7. The zero-order valence-electron chi connectivity index (χ0n) is 15.3. The highest BCUT2D eigenvalue weighted by molar-refractivity contribution is 6.43. The molecule has 3 rings (SSSR count). The molecule has 0 atom stereocenters. The summed E-state index contributed by atoms with van der Waals surface area (Å²) in [5.41, 5.74) is 1.76. The zero-order valence-corrected chi connectivity index (χ0v) is 16.8. The number of nitrogens with zero attached hydrogens (tertiary/aromatic N) is 3. The second-order valence-electron chi connectivity index (χ2n) is 7.06. The first-order valence-electron chi connectivity index (χ1n) is 8.93. The average molecular weight is 409 g/mol. The lowest BCUT2D eigenvalue weighted by atomic mass is 10.1. The highest BCUT2D eigenvalue weighted by atomic mass is 35.5. The van der Waals surface area contributed by atoms with Crippen molar-refractivity contribution in [1.82, 2.24) is 20.0 Å². The summed E-state index contributed by atoms with van der Waals surface area (Å²) in [6.45, 7) is 6.02. The van der Waals surface area contributed by atoms with Crippen molar-refractivity contribution in [2.45, 2.75) is 20.3 Å². The monoisotopic (exact) mass is 408 g/mol. The number of carbonyl (C=O) groups is 2. The average Bonchev–Trinajstić information content (AvgIpc) is 3.10. The summed E-state index contributed by atoms with van der Waals surface area (Å²) in [7, 11) is 0. The quantitative estimate of drug-likeness (QED) is 0.840. The van der Waals surface area contributed by atoms with Crippen LogP contribution >= 0.6 is 23.2 Å². The molecule has 1 N–H and O–H groups in total. The van der Waals surface area contributed by atoms with E-state index in [0.717, 1.165) is 12.1 Å². The van der Waals surface area contributed by atoms with Gasteiger partial charge in [0.05, 0.1) is 15.6 Å². The lowest BCUT2D eigenvalue weighted by molar-refractivity contribution is 0.0532. The van der Waals surface area contributed by atoms with Gasteiger partial charge >= 0.3 is 0 Å². The SMILES string of the molecule is CC(C)Cc1cc(C(=O)N2CCN(C(=O)c3cccc(Cl)c3Cl)CC2)n[nH]1. The van der Waals surface area contributed by atoms with E-state index in [-0.39, 0.29) is 16.8 Å². The number of hydrogen-bond donors (Lipinski definition) is 1. The maximum atomic E-state index is 12.7. The van der Waals surface area contributed by atoms with Crippen LogP contribution in [0, 0.1) is 5.92 Å². The predicted molar refractivity (Wildman–Crippen MR) is 105 cm³/mol. The van der Waals surface area contributed by atoms with Gasteiger partial charge in [0.25, 0.3) is 11.8 Å². The van der Waals surface area contributed by atoms with Crippen LogP contribution in [0.3, 0.4) is 0 Å². The molecule has 0 saturated carbocycles. The Bertz CT molecular complexity index is 842. The van der Waals surface area contributed by atoms with Crippen LogP contribution in [0.1, 0.15) is 40.4 Å². The Morgan fingerprint density at radius 1 is 1.11 bits per heavy atom. The van der Waals surface area contributed by atoms with Crippen LogP contribution in [-0.4, -0.2) is 58.0 Å². The number of rotatable bonds is 4. The Kier molecular flexibility index (Phi) is 6.07. The van der Waals surface area contributed by atoms with Gasteiger partial charge in [-0.25, -0.2) is 0 Å². The van der Waals surface area contributed by atoms with E-state index in [4.69, 9.17) is 23.2 Å². The van der Waals surface area contributed by atoms with Gasteiger partial charge in [-0.3, -0.25) is 14.7 Å². The molecule has 1 fully saturated rings. The van der Waals surface area contributed by atoms with Gasteiger partial charge in [-0.1, -0.05) is 43.1 Å². The van der Waals surface area contributed by atoms with Crippen LogP contribution in [0.15, 0.2) is 24.3 Å². The number of piperazine rings is 1. The van der Waals surface area contributed by atoms with Crippen molar-refractivity contribution in [2.24, 2.45) is 5.92 Å². The van der Waals surface area contributed by atoms with Crippen LogP contribution < -0.4 is 0 Å². The molecule has 0 bridgehead atoms. The predicted octanol–water partition coefficient (Wildman–Crippen LogP) is 3.51. The van der Waals surface area contributed by atoms with Gasteiger partial charge in [-0.2, -0.15) is 5.10 Å². The number of H-pyrrole nitrogens is 1. The first kappa shape index (κ1) is 19.7. The van der Waals surface area contributed by atoms with Crippen LogP contribution in [0.25, 0.3) is 0 Å². The van der Waals surface area contributed by atoms with Gasteiger partial charge in [-0.05, 0) is 30.5 Å². The van der Waals surface area contributed by atoms with Crippen molar-refractivity contribution < 1.29 is 9.59 Å². The molecule has 1 saturated heterocycles. The lowest BCUT2D eigenvalue weighted by Gasteiger charge is -2.34. The number of amides is 2. The van der Waals surface area contributed by atoms with Crippen LogP contribution in [0.4, 0.5) is 0 Å². The normalized spacial score (nSPS) is 14.7. The number of hydrogen-bond acceptors (Lipinski definition) is 3. The van der Waals surface area contributed by atoms with Crippen molar-refractivity contribution in [1.29, 1.82) is 0 Å². The summed E-state index contributed by atoms with van der Waals surface area (Å²) >= 11 is 12.1. The third-order valence-electron chi connectivity index (χ3n) is 4.51. The Balaban J connectivity index is 1.61. The fourth-order valence-corrected chi connectivity index (χ4v) is 3.51. The van der Waals surface area contributed by atoms with E-state index < -0.39 is 0 Å². The number of aromatic amines is 1. The number of carbonyl (C=O) groups excluding carboxylic acids is 2. The van der Waals surface area contributed by atoms with E-state index >= 15 is 0 Å². The van der Waals surface area contributed by atoms with Gasteiger partial charge in [0.2, 0.25) is 0 Å². The molecule has 1 aromatic carbocycles. The Morgan fingerprint density at radius 3 is 2.37 bits per heavy atom. The van der Waals surface area contributed by atoms with Crippen molar-refractivity contribution in [3.05, 3.63) is 51.3 Å². The standard InChI is InChI=1S/C19H22Cl2N4O2/c1-12(2)10-13-11-16(23-22-13)19(27)25-8-6-24(7-9-25)18(26)14-4-3-5-15(20)17(14)21/h3-5,11-12H,6-10H2,1-2H3,(H,22,23). The molecule has 0 spiro atoms.